The number of rotatable bonds is 7. The van der Waals surface area contributed by atoms with E-state index >= 15 is 0 Å². The fraction of sp³-hybridized carbons (Fsp3) is 0.650. The molecule has 2 rings (SSSR count). The van der Waals surface area contributed by atoms with E-state index in [4.69, 9.17) is 9.47 Å². The van der Waals surface area contributed by atoms with Crippen molar-refractivity contribution in [3.63, 3.8) is 0 Å². The number of hydrogen-bond donors (Lipinski definition) is 1. The first-order valence-electron chi connectivity index (χ1n) is 9.27. The Hall–Kier alpha value is -1.91. The van der Waals surface area contributed by atoms with E-state index in [1.807, 2.05) is 25.2 Å². The molecule has 140 valence electrons. The topological polar surface area (TPSA) is 50.8 Å². The second kappa shape index (κ2) is 9.54. The van der Waals surface area contributed by atoms with Crippen LogP contribution < -0.4 is 14.8 Å². The number of nitrogens with zero attached hydrogens (tertiary/aromatic N) is 1. The number of benzene rings is 1. The minimum absolute atomic E-state index is 0.0473. The smallest absolute Gasteiger partial charge is 0.317 e. The summed E-state index contributed by atoms with van der Waals surface area (Å²) in [6, 6.07) is 6.35. The first kappa shape index (κ1) is 19.4. The number of carbonyl (C=O) groups is 1. The van der Waals surface area contributed by atoms with Crippen molar-refractivity contribution in [1.82, 2.24) is 10.2 Å². The van der Waals surface area contributed by atoms with E-state index < -0.39 is 0 Å². The van der Waals surface area contributed by atoms with Gasteiger partial charge in [0.1, 0.15) is 0 Å². The molecule has 0 saturated heterocycles. The van der Waals surface area contributed by atoms with E-state index in [-0.39, 0.29) is 6.03 Å². The summed E-state index contributed by atoms with van der Waals surface area (Å²) in [6.07, 6.45) is 6.64. The van der Waals surface area contributed by atoms with Crippen molar-refractivity contribution >= 4 is 6.03 Å². The van der Waals surface area contributed by atoms with Crippen LogP contribution in [0, 0.1) is 5.92 Å². The van der Waals surface area contributed by atoms with Gasteiger partial charge in [-0.3, -0.25) is 0 Å². The van der Waals surface area contributed by atoms with Gasteiger partial charge in [-0.15, -0.1) is 0 Å². The molecule has 0 aliphatic heterocycles. The lowest BCUT2D eigenvalue weighted by atomic mass is 9.86. The average Bonchev–Trinajstić information content (AvgIpc) is 2.63. The SMILES string of the molecule is COc1ccc(CCCN(C)C(=O)N[C@@H]2CCCC[C@H]2C)cc1OC. The minimum atomic E-state index is 0.0473. The lowest BCUT2D eigenvalue weighted by Crippen LogP contribution is -2.47. The van der Waals surface area contributed by atoms with E-state index in [0.717, 1.165) is 37.3 Å². The molecule has 25 heavy (non-hydrogen) atoms. The molecule has 5 nitrogen and oxygen atoms in total. The van der Waals surface area contributed by atoms with Gasteiger partial charge in [0.05, 0.1) is 14.2 Å². The van der Waals surface area contributed by atoms with Gasteiger partial charge in [-0.05, 0) is 49.3 Å². The van der Waals surface area contributed by atoms with Crippen LogP contribution in [0.1, 0.15) is 44.6 Å². The summed E-state index contributed by atoms with van der Waals surface area (Å²) in [6.45, 7) is 2.97. The maximum atomic E-state index is 12.4. The third-order valence-corrected chi connectivity index (χ3v) is 5.17. The van der Waals surface area contributed by atoms with Crippen molar-refractivity contribution in [3.8, 4) is 11.5 Å². The van der Waals surface area contributed by atoms with Gasteiger partial charge in [0.15, 0.2) is 11.5 Å². The van der Waals surface area contributed by atoms with Gasteiger partial charge in [0, 0.05) is 19.6 Å². The number of urea groups is 1. The fourth-order valence-corrected chi connectivity index (χ4v) is 3.46. The quantitative estimate of drug-likeness (QED) is 0.814. The number of aryl methyl sites for hydroxylation is 1. The molecule has 0 aromatic heterocycles. The van der Waals surface area contributed by atoms with Gasteiger partial charge >= 0.3 is 6.03 Å². The third kappa shape index (κ3) is 5.55. The van der Waals surface area contributed by atoms with E-state index in [1.165, 1.54) is 24.8 Å². The van der Waals surface area contributed by atoms with Crippen molar-refractivity contribution in [1.29, 1.82) is 0 Å². The van der Waals surface area contributed by atoms with Crippen LogP contribution in [-0.4, -0.2) is 44.8 Å². The van der Waals surface area contributed by atoms with Gasteiger partial charge in [-0.2, -0.15) is 0 Å². The number of amides is 2. The summed E-state index contributed by atoms with van der Waals surface area (Å²) in [5, 5.41) is 3.20. The summed E-state index contributed by atoms with van der Waals surface area (Å²) in [4.78, 5) is 14.2. The van der Waals surface area contributed by atoms with Gasteiger partial charge < -0.3 is 19.7 Å². The average molecular weight is 348 g/mol. The molecule has 2 atom stereocenters. The number of methoxy groups -OCH3 is 2. The molecule has 1 fully saturated rings. The number of hydrogen-bond acceptors (Lipinski definition) is 3. The predicted octanol–water partition coefficient (Wildman–Crippen LogP) is 3.86. The lowest BCUT2D eigenvalue weighted by Gasteiger charge is -2.31. The molecule has 0 bridgehead atoms. The summed E-state index contributed by atoms with van der Waals surface area (Å²) >= 11 is 0. The van der Waals surface area contributed by atoms with E-state index in [2.05, 4.69) is 12.2 Å². The van der Waals surface area contributed by atoms with Gasteiger partial charge in [0.2, 0.25) is 0 Å². The Morgan fingerprint density at radius 1 is 1.20 bits per heavy atom. The van der Waals surface area contributed by atoms with Gasteiger partial charge in [-0.1, -0.05) is 25.8 Å². The van der Waals surface area contributed by atoms with Crippen molar-refractivity contribution in [2.24, 2.45) is 5.92 Å². The highest BCUT2D eigenvalue weighted by Crippen LogP contribution is 2.28. The fourth-order valence-electron chi connectivity index (χ4n) is 3.46. The second-order valence-corrected chi connectivity index (χ2v) is 7.03. The van der Waals surface area contributed by atoms with E-state index in [9.17, 15) is 4.79 Å². The van der Waals surface area contributed by atoms with Crippen LogP contribution in [0.3, 0.4) is 0 Å². The highest BCUT2D eigenvalue weighted by molar-refractivity contribution is 5.74. The largest absolute Gasteiger partial charge is 0.493 e. The van der Waals surface area contributed by atoms with Gasteiger partial charge in [-0.25, -0.2) is 4.79 Å². The zero-order valence-corrected chi connectivity index (χ0v) is 16.0. The third-order valence-electron chi connectivity index (χ3n) is 5.17. The standard InChI is InChI=1S/C20H32N2O3/c1-15-8-5-6-10-17(15)21-20(23)22(2)13-7-9-16-11-12-18(24-3)19(14-16)25-4/h11-12,14-15,17H,5-10,13H2,1-4H3,(H,21,23)/t15-,17-/m1/s1. The monoisotopic (exact) mass is 348 g/mol. The summed E-state index contributed by atoms with van der Waals surface area (Å²) in [5.41, 5.74) is 1.19. The molecule has 0 heterocycles. The van der Waals surface area contributed by atoms with Crippen LogP contribution in [-0.2, 0) is 6.42 Å². The molecule has 0 spiro atoms. The maximum absolute atomic E-state index is 12.4. The Kier molecular flexibility index (Phi) is 7.41. The van der Waals surface area contributed by atoms with E-state index in [1.54, 1.807) is 19.1 Å². The maximum Gasteiger partial charge on any atom is 0.317 e. The van der Waals surface area contributed by atoms with Crippen LogP contribution in [0.5, 0.6) is 11.5 Å². The van der Waals surface area contributed by atoms with Crippen LogP contribution in [0.25, 0.3) is 0 Å². The predicted molar refractivity (Wildman–Crippen MR) is 100 cm³/mol. The zero-order chi connectivity index (χ0) is 18.2. The molecule has 2 amide bonds. The van der Waals surface area contributed by atoms with Crippen LogP contribution in [0.4, 0.5) is 4.79 Å². The highest BCUT2D eigenvalue weighted by atomic mass is 16.5. The Bertz CT molecular complexity index is 562. The lowest BCUT2D eigenvalue weighted by molar-refractivity contribution is 0.191. The molecule has 1 saturated carbocycles. The Balaban J connectivity index is 1.77. The molecular weight excluding hydrogens is 316 g/mol. The van der Waals surface area contributed by atoms with Crippen LogP contribution >= 0.6 is 0 Å². The van der Waals surface area contributed by atoms with E-state index in [0.29, 0.717) is 12.0 Å². The number of nitrogens with one attached hydrogen (secondary N) is 1. The Labute approximate surface area is 151 Å². The molecular formula is C20H32N2O3. The summed E-state index contributed by atoms with van der Waals surface area (Å²) in [7, 11) is 5.15. The summed E-state index contributed by atoms with van der Waals surface area (Å²) in [5.74, 6) is 2.07. The van der Waals surface area contributed by atoms with Crippen molar-refractivity contribution < 1.29 is 14.3 Å². The molecule has 0 unspecified atom stereocenters. The van der Waals surface area contributed by atoms with Crippen molar-refractivity contribution in [2.75, 3.05) is 27.8 Å². The number of carbonyl (C=O) groups excluding carboxylic acids is 1. The number of ether oxygens (including phenoxy) is 2. The Morgan fingerprint density at radius 2 is 1.92 bits per heavy atom. The molecule has 0 radical (unpaired) electrons. The first-order valence-corrected chi connectivity index (χ1v) is 9.27. The Morgan fingerprint density at radius 3 is 2.60 bits per heavy atom. The normalized spacial score (nSPS) is 20.0. The molecule has 1 aromatic carbocycles. The second-order valence-electron chi connectivity index (χ2n) is 7.03. The van der Waals surface area contributed by atoms with Crippen molar-refractivity contribution in [2.45, 2.75) is 51.5 Å². The highest BCUT2D eigenvalue weighted by Gasteiger charge is 2.23. The molecule has 1 aromatic rings. The molecule has 1 aliphatic carbocycles. The van der Waals surface area contributed by atoms with Crippen LogP contribution in [0.2, 0.25) is 0 Å². The molecule has 1 N–H and O–H groups in total. The van der Waals surface area contributed by atoms with Crippen molar-refractivity contribution in [3.05, 3.63) is 23.8 Å². The summed E-state index contributed by atoms with van der Waals surface area (Å²) < 4.78 is 10.6. The molecule has 1 aliphatic rings. The van der Waals surface area contributed by atoms with Gasteiger partial charge in [0.25, 0.3) is 0 Å². The molecule has 5 heteroatoms. The minimum Gasteiger partial charge on any atom is -0.493 e. The first-order chi connectivity index (χ1) is 12.0. The zero-order valence-electron chi connectivity index (χ0n) is 16.0. The van der Waals surface area contributed by atoms with Crippen LogP contribution in [0.15, 0.2) is 18.2 Å².